The van der Waals surface area contributed by atoms with Crippen LogP contribution in [0.1, 0.15) is 31.9 Å². The first-order chi connectivity index (χ1) is 12.9. The van der Waals surface area contributed by atoms with Gasteiger partial charge in [0.05, 0.1) is 0 Å². The summed E-state index contributed by atoms with van der Waals surface area (Å²) >= 11 is 5.98. The summed E-state index contributed by atoms with van der Waals surface area (Å²) in [6.07, 6.45) is 0.471. The first-order valence-corrected chi connectivity index (χ1v) is 9.66. The Balaban J connectivity index is 2.36. The number of likely N-dealkylation sites (N-methyl/N-ethyl adjacent to an activating group) is 1. The zero-order chi connectivity index (χ0) is 19.8. The molecule has 144 valence electrons. The van der Waals surface area contributed by atoms with Gasteiger partial charge in [0.15, 0.2) is 0 Å². The second-order valence-corrected chi connectivity index (χ2v) is 7.28. The van der Waals surface area contributed by atoms with Gasteiger partial charge in [-0.25, -0.2) is 0 Å². The fourth-order valence-corrected chi connectivity index (χ4v) is 3.06. The maximum Gasteiger partial charge on any atom is 0.243 e. The molecule has 0 bridgehead atoms. The van der Waals surface area contributed by atoms with Crippen molar-refractivity contribution in [3.8, 4) is 0 Å². The van der Waals surface area contributed by atoms with Crippen molar-refractivity contribution in [2.75, 3.05) is 6.54 Å². The van der Waals surface area contributed by atoms with E-state index >= 15 is 0 Å². The molecule has 27 heavy (non-hydrogen) atoms. The minimum absolute atomic E-state index is 0.0443. The lowest BCUT2D eigenvalue weighted by atomic mass is 10.0. The summed E-state index contributed by atoms with van der Waals surface area (Å²) in [5.41, 5.74) is 1.96. The van der Waals surface area contributed by atoms with Crippen molar-refractivity contribution in [2.24, 2.45) is 5.92 Å². The Morgan fingerprint density at radius 2 is 1.63 bits per heavy atom. The summed E-state index contributed by atoms with van der Waals surface area (Å²) < 4.78 is 0. The Hall–Kier alpha value is -2.33. The number of carbonyl (C=O) groups excluding carboxylic acids is 2. The minimum Gasteiger partial charge on any atom is -0.355 e. The molecule has 0 saturated carbocycles. The van der Waals surface area contributed by atoms with E-state index in [1.165, 1.54) is 0 Å². The first-order valence-electron chi connectivity index (χ1n) is 9.29. The summed E-state index contributed by atoms with van der Waals surface area (Å²) in [5, 5.41) is 3.52. The van der Waals surface area contributed by atoms with Gasteiger partial charge in [0.1, 0.15) is 6.04 Å². The van der Waals surface area contributed by atoms with E-state index in [1.54, 1.807) is 17.0 Å². The van der Waals surface area contributed by atoms with Gasteiger partial charge in [-0.3, -0.25) is 9.59 Å². The molecule has 2 aromatic rings. The summed E-state index contributed by atoms with van der Waals surface area (Å²) in [6, 6.07) is 16.6. The molecule has 0 radical (unpaired) electrons. The Labute approximate surface area is 166 Å². The number of halogens is 1. The summed E-state index contributed by atoms with van der Waals surface area (Å²) in [6.45, 7) is 6.48. The molecule has 0 aliphatic rings. The average Bonchev–Trinajstić information content (AvgIpc) is 2.66. The SMILES string of the molecule is CCNC(=O)C(Cc1ccccc1)N(Cc1ccc(Cl)cc1)C(=O)C(C)C. The fraction of sp³-hybridized carbons (Fsp3) is 0.364. The topological polar surface area (TPSA) is 49.4 Å². The van der Waals surface area contributed by atoms with Crippen molar-refractivity contribution in [2.45, 2.75) is 39.8 Å². The highest BCUT2D eigenvalue weighted by atomic mass is 35.5. The molecular formula is C22H27ClN2O2. The molecule has 2 amide bonds. The van der Waals surface area contributed by atoms with Crippen molar-refractivity contribution in [1.29, 1.82) is 0 Å². The number of hydrogen-bond donors (Lipinski definition) is 1. The van der Waals surface area contributed by atoms with Crippen molar-refractivity contribution in [3.05, 3.63) is 70.7 Å². The quantitative estimate of drug-likeness (QED) is 0.743. The number of amides is 2. The average molecular weight is 387 g/mol. The van der Waals surface area contributed by atoms with Crippen LogP contribution in [0.3, 0.4) is 0 Å². The molecule has 0 aliphatic heterocycles. The Kier molecular flexibility index (Phi) is 7.86. The van der Waals surface area contributed by atoms with Crippen LogP contribution in [0.15, 0.2) is 54.6 Å². The van der Waals surface area contributed by atoms with Crippen LogP contribution >= 0.6 is 11.6 Å². The van der Waals surface area contributed by atoms with E-state index in [0.29, 0.717) is 24.5 Å². The van der Waals surface area contributed by atoms with Gasteiger partial charge in [0.25, 0.3) is 0 Å². The van der Waals surface area contributed by atoms with Crippen LogP contribution in [0.25, 0.3) is 0 Å². The molecule has 0 aliphatic carbocycles. The van der Waals surface area contributed by atoms with Gasteiger partial charge < -0.3 is 10.2 Å². The molecule has 0 heterocycles. The van der Waals surface area contributed by atoms with Crippen molar-refractivity contribution in [1.82, 2.24) is 10.2 Å². The van der Waals surface area contributed by atoms with Crippen LogP contribution in [-0.2, 0) is 22.6 Å². The third-order valence-corrected chi connectivity index (χ3v) is 4.60. The third-order valence-electron chi connectivity index (χ3n) is 4.34. The van der Waals surface area contributed by atoms with E-state index in [-0.39, 0.29) is 17.7 Å². The highest BCUT2D eigenvalue weighted by molar-refractivity contribution is 6.30. The Morgan fingerprint density at radius 1 is 1.00 bits per heavy atom. The van der Waals surface area contributed by atoms with Crippen LogP contribution < -0.4 is 5.32 Å². The van der Waals surface area contributed by atoms with Gasteiger partial charge in [-0.1, -0.05) is 67.9 Å². The highest BCUT2D eigenvalue weighted by Crippen LogP contribution is 2.18. The van der Waals surface area contributed by atoms with Crippen LogP contribution in [0.4, 0.5) is 0 Å². The van der Waals surface area contributed by atoms with Gasteiger partial charge in [0.2, 0.25) is 11.8 Å². The number of hydrogen-bond acceptors (Lipinski definition) is 2. The molecule has 1 N–H and O–H groups in total. The fourth-order valence-electron chi connectivity index (χ4n) is 2.93. The molecule has 2 rings (SSSR count). The van der Waals surface area contributed by atoms with Gasteiger partial charge in [0, 0.05) is 30.5 Å². The number of benzene rings is 2. The van der Waals surface area contributed by atoms with E-state index in [0.717, 1.165) is 11.1 Å². The summed E-state index contributed by atoms with van der Waals surface area (Å²) in [7, 11) is 0. The van der Waals surface area contributed by atoms with Crippen molar-refractivity contribution in [3.63, 3.8) is 0 Å². The maximum atomic E-state index is 13.0. The Morgan fingerprint density at radius 3 is 2.19 bits per heavy atom. The van der Waals surface area contributed by atoms with Gasteiger partial charge in [-0.05, 0) is 30.2 Å². The van der Waals surface area contributed by atoms with Crippen molar-refractivity contribution >= 4 is 23.4 Å². The van der Waals surface area contributed by atoms with Crippen LogP contribution in [0.2, 0.25) is 5.02 Å². The smallest absolute Gasteiger partial charge is 0.243 e. The monoisotopic (exact) mass is 386 g/mol. The molecule has 0 saturated heterocycles. The lowest BCUT2D eigenvalue weighted by Gasteiger charge is -2.32. The van der Waals surface area contributed by atoms with Crippen LogP contribution in [-0.4, -0.2) is 29.3 Å². The van der Waals surface area contributed by atoms with Gasteiger partial charge in [-0.2, -0.15) is 0 Å². The molecular weight excluding hydrogens is 360 g/mol. The normalized spacial score (nSPS) is 11.9. The van der Waals surface area contributed by atoms with E-state index in [2.05, 4.69) is 5.32 Å². The molecule has 2 aromatic carbocycles. The van der Waals surface area contributed by atoms with E-state index in [4.69, 9.17) is 11.6 Å². The molecule has 5 heteroatoms. The first kappa shape index (κ1) is 21.0. The van der Waals surface area contributed by atoms with E-state index in [1.807, 2.05) is 63.2 Å². The number of carbonyl (C=O) groups is 2. The lowest BCUT2D eigenvalue weighted by molar-refractivity contribution is -0.143. The number of nitrogens with one attached hydrogen (secondary N) is 1. The standard InChI is InChI=1S/C22H27ClN2O2/c1-4-24-21(26)20(14-17-8-6-5-7-9-17)25(22(27)16(2)3)15-18-10-12-19(23)13-11-18/h5-13,16,20H,4,14-15H2,1-3H3,(H,24,26). The third kappa shape index (κ3) is 6.10. The molecule has 1 atom stereocenters. The second kappa shape index (κ2) is 10.1. The van der Waals surface area contributed by atoms with Crippen molar-refractivity contribution < 1.29 is 9.59 Å². The predicted molar refractivity (Wildman–Crippen MR) is 109 cm³/mol. The number of nitrogens with zero attached hydrogens (tertiary/aromatic N) is 1. The minimum atomic E-state index is -0.571. The molecule has 0 fully saturated rings. The summed E-state index contributed by atoms with van der Waals surface area (Å²) in [4.78, 5) is 27.5. The Bertz CT molecular complexity index is 745. The zero-order valence-corrected chi connectivity index (χ0v) is 16.9. The van der Waals surface area contributed by atoms with E-state index < -0.39 is 6.04 Å². The molecule has 0 spiro atoms. The van der Waals surface area contributed by atoms with Crippen LogP contribution in [0, 0.1) is 5.92 Å². The predicted octanol–water partition coefficient (Wildman–Crippen LogP) is 4.07. The molecule has 4 nitrogen and oxygen atoms in total. The highest BCUT2D eigenvalue weighted by Gasteiger charge is 2.31. The molecule has 1 unspecified atom stereocenters. The maximum absolute atomic E-state index is 13.0. The largest absolute Gasteiger partial charge is 0.355 e. The summed E-state index contributed by atoms with van der Waals surface area (Å²) in [5.74, 6) is -0.383. The van der Waals surface area contributed by atoms with E-state index in [9.17, 15) is 9.59 Å². The second-order valence-electron chi connectivity index (χ2n) is 6.85. The molecule has 0 aromatic heterocycles. The lowest BCUT2D eigenvalue weighted by Crippen LogP contribution is -2.51. The number of rotatable bonds is 8. The van der Waals surface area contributed by atoms with Gasteiger partial charge in [-0.15, -0.1) is 0 Å². The van der Waals surface area contributed by atoms with Gasteiger partial charge >= 0.3 is 0 Å². The van der Waals surface area contributed by atoms with Crippen LogP contribution in [0.5, 0.6) is 0 Å². The zero-order valence-electron chi connectivity index (χ0n) is 16.1.